The van der Waals surface area contributed by atoms with Crippen LogP contribution in [0.3, 0.4) is 0 Å². The summed E-state index contributed by atoms with van der Waals surface area (Å²) < 4.78 is 0. The van der Waals surface area contributed by atoms with Gasteiger partial charge in [-0.1, -0.05) is 36.2 Å². The normalized spacial score (nSPS) is 11.8. The number of aryl methyl sites for hydroxylation is 2. The van der Waals surface area contributed by atoms with Crippen LogP contribution in [0.25, 0.3) is 0 Å². The summed E-state index contributed by atoms with van der Waals surface area (Å²) >= 11 is 0. The van der Waals surface area contributed by atoms with E-state index in [0.717, 1.165) is 19.4 Å². The van der Waals surface area contributed by atoms with Gasteiger partial charge in [-0.25, -0.2) is 0 Å². The average molecular weight is 229 g/mol. The first-order chi connectivity index (χ1) is 8.17. The fraction of sp³-hybridized carbons (Fsp3) is 0.500. The van der Waals surface area contributed by atoms with Crippen LogP contribution in [0.5, 0.6) is 0 Å². The Balaban J connectivity index is 2.82. The molecule has 92 valence electrons. The van der Waals surface area contributed by atoms with Crippen molar-refractivity contribution in [2.24, 2.45) is 0 Å². The molecule has 0 aromatic heterocycles. The van der Waals surface area contributed by atoms with Crippen molar-refractivity contribution in [1.29, 1.82) is 0 Å². The van der Waals surface area contributed by atoms with Gasteiger partial charge in [0.25, 0.3) is 0 Å². The van der Waals surface area contributed by atoms with E-state index < -0.39 is 0 Å². The molecule has 0 bridgehead atoms. The number of hydrogen-bond donors (Lipinski definition) is 1. The summed E-state index contributed by atoms with van der Waals surface area (Å²) in [5.74, 6) is 6.11. The molecule has 1 aromatic carbocycles. The number of benzene rings is 1. The number of nitrogens with one attached hydrogen (secondary N) is 1. The lowest BCUT2D eigenvalue weighted by Crippen LogP contribution is -2.21. The minimum Gasteiger partial charge on any atom is -0.310 e. The first-order valence-corrected chi connectivity index (χ1v) is 6.38. The topological polar surface area (TPSA) is 12.0 Å². The van der Waals surface area contributed by atoms with Crippen LogP contribution in [0.4, 0.5) is 0 Å². The zero-order valence-electron chi connectivity index (χ0n) is 11.4. The smallest absolute Gasteiger partial charge is 0.0329 e. The quantitative estimate of drug-likeness (QED) is 0.758. The lowest BCUT2D eigenvalue weighted by atomic mass is 9.98. The predicted molar refractivity (Wildman–Crippen MR) is 75.0 cm³/mol. The lowest BCUT2D eigenvalue weighted by molar-refractivity contribution is 0.522. The molecule has 17 heavy (non-hydrogen) atoms. The Morgan fingerprint density at radius 3 is 2.35 bits per heavy atom. The molecule has 1 nitrogen and oxygen atoms in total. The van der Waals surface area contributed by atoms with Crippen LogP contribution in [0.2, 0.25) is 0 Å². The van der Waals surface area contributed by atoms with Crippen LogP contribution in [-0.4, -0.2) is 6.54 Å². The van der Waals surface area contributed by atoms with Gasteiger partial charge in [-0.15, -0.1) is 11.8 Å². The Bertz CT molecular complexity index is 389. The minimum atomic E-state index is 0.430. The zero-order valence-corrected chi connectivity index (χ0v) is 11.4. The molecule has 1 N–H and O–H groups in total. The molecule has 1 rings (SSSR count). The molecule has 1 unspecified atom stereocenters. The van der Waals surface area contributed by atoms with Gasteiger partial charge >= 0.3 is 0 Å². The van der Waals surface area contributed by atoms with Gasteiger partial charge in [-0.2, -0.15) is 0 Å². The van der Waals surface area contributed by atoms with Crippen molar-refractivity contribution in [3.05, 3.63) is 34.9 Å². The summed E-state index contributed by atoms with van der Waals surface area (Å²) in [5, 5.41) is 3.54. The molecule has 0 aliphatic heterocycles. The Labute approximate surface area is 106 Å². The van der Waals surface area contributed by atoms with Crippen molar-refractivity contribution in [3.8, 4) is 11.8 Å². The molecular weight excluding hydrogens is 206 g/mol. The van der Waals surface area contributed by atoms with Crippen LogP contribution in [0, 0.1) is 25.7 Å². The highest BCUT2D eigenvalue weighted by molar-refractivity contribution is 5.30. The van der Waals surface area contributed by atoms with Crippen molar-refractivity contribution >= 4 is 0 Å². The molecule has 1 atom stereocenters. The molecule has 0 aliphatic rings. The van der Waals surface area contributed by atoms with Crippen LogP contribution >= 0.6 is 0 Å². The summed E-state index contributed by atoms with van der Waals surface area (Å²) in [6.45, 7) is 9.37. The van der Waals surface area contributed by atoms with E-state index >= 15 is 0 Å². The summed E-state index contributed by atoms with van der Waals surface area (Å²) in [5.41, 5.74) is 4.07. The fourth-order valence-electron chi connectivity index (χ4n) is 2.19. The van der Waals surface area contributed by atoms with Crippen molar-refractivity contribution in [2.75, 3.05) is 6.54 Å². The minimum absolute atomic E-state index is 0.430. The standard InChI is InChI=1S/C16H23N/c1-5-7-8-9-16(17-6-2)15-11-13(3)10-14(4)12-15/h10-12,16-17H,6,8-9H2,1-4H3. The highest BCUT2D eigenvalue weighted by Crippen LogP contribution is 2.21. The van der Waals surface area contributed by atoms with Gasteiger partial charge in [-0.05, 0) is 39.3 Å². The van der Waals surface area contributed by atoms with E-state index in [9.17, 15) is 0 Å². The first-order valence-electron chi connectivity index (χ1n) is 6.38. The summed E-state index contributed by atoms with van der Waals surface area (Å²) in [4.78, 5) is 0. The summed E-state index contributed by atoms with van der Waals surface area (Å²) in [7, 11) is 0. The number of rotatable bonds is 5. The maximum Gasteiger partial charge on any atom is 0.0329 e. The van der Waals surface area contributed by atoms with E-state index in [4.69, 9.17) is 0 Å². The van der Waals surface area contributed by atoms with Crippen molar-refractivity contribution in [2.45, 2.75) is 46.6 Å². The molecule has 0 fully saturated rings. The van der Waals surface area contributed by atoms with Gasteiger partial charge < -0.3 is 5.32 Å². The van der Waals surface area contributed by atoms with E-state index in [2.05, 4.69) is 56.1 Å². The highest BCUT2D eigenvalue weighted by Gasteiger charge is 2.09. The van der Waals surface area contributed by atoms with Gasteiger partial charge in [0.15, 0.2) is 0 Å². The number of hydrogen-bond acceptors (Lipinski definition) is 1. The largest absolute Gasteiger partial charge is 0.310 e. The Hall–Kier alpha value is -1.26. The van der Waals surface area contributed by atoms with E-state index in [0.29, 0.717) is 6.04 Å². The Morgan fingerprint density at radius 1 is 1.18 bits per heavy atom. The fourth-order valence-corrected chi connectivity index (χ4v) is 2.19. The van der Waals surface area contributed by atoms with E-state index in [1.807, 2.05) is 6.92 Å². The maximum atomic E-state index is 3.54. The van der Waals surface area contributed by atoms with E-state index in [1.165, 1.54) is 16.7 Å². The van der Waals surface area contributed by atoms with Crippen molar-refractivity contribution in [1.82, 2.24) is 5.32 Å². The van der Waals surface area contributed by atoms with Gasteiger partial charge in [0.2, 0.25) is 0 Å². The Morgan fingerprint density at radius 2 is 1.82 bits per heavy atom. The van der Waals surface area contributed by atoms with Gasteiger partial charge in [-0.3, -0.25) is 0 Å². The molecule has 0 aliphatic carbocycles. The molecule has 0 saturated carbocycles. The van der Waals surface area contributed by atoms with Gasteiger partial charge in [0.05, 0.1) is 0 Å². The zero-order chi connectivity index (χ0) is 12.7. The van der Waals surface area contributed by atoms with Gasteiger partial charge in [0, 0.05) is 12.5 Å². The third-order valence-electron chi connectivity index (χ3n) is 2.83. The predicted octanol–water partition coefficient (Wildman–Crippen LogP) is 3.76. The average Bonchev–Trinajstić information content (AvgIpc) is 2.27. The second-order valence-corrected chi connectivity index (χ2v) is 4.50. The third-order valence-corrected chi connectivity index (χ3v) is 2.83. The van der Waals surface area contributed by atoms with E-state index in [-0.39, 0.29) is 0 Å². The van der Waals surface area contributed by atoms with Crippen LogP contribution in [0.15, 0.2) is 18.2 Å². The van der Waals surface area contributed by atoms with Crippen LogP contribution < -0.4 is 5.32 Å². The SMILES string of the molecule is CC#CCCC(NCC)c1cc(C)cc(C)c1. The molecule has 0 saturated heterocycles. The van der Waals surface area contributed by atoms with Crippen LogP contribution in [-0.2, 0) is 0 Å². The highest BCUT2D eigenvalue weighted by atomic mass is 14.9. The summed E-state index contributed by atoms with van der Waals surface area (Å²) in [6, 6.07) is 7.21. The third kappa shape index (κ3) is 4.63. The lowest BCUT2D eigenvalue weighted by Gasteiger charge is -2.18. The maximum absolute atomic E-state index is 3.54. The molecule has 0 radical (unpaired) electrons. The molecule has 0 spiro atoms. The summed E-state index contributed by atoms with van der Waals surface area (Å²) in [6.07, 6.45) is 2.04. The van der Waals surface area contributed by atoms with Crippen molar-refractivity contribution in [3.63, 3.8) is 0 Å². The van der Waals surface area contributed by atoms with E-state index in [1.54, 1.807) is 0 Å². The van der Waals surface area contributed by atoms with Crippen LogP contribution in [0.1, 0.15) is 49.4 Å². The van der Waals surface area contributed by atoms with Crippen molar-refractivity contribution < 1.29 is 0 Å². The molecule has 1 heteroatoms. The molecule has 1 aromatic rings. The van der Waals surface area contributed by atoms with Gasteiger partial charge in [0.1, 0.15) is 0 Å². The molecule has 0 heterocycles. The molecule has 0 amide bonds. The second-order valence-electron chi connectivity index (χ2n) is 4.50. The Kier molecular flexibility index (Phi) is 5.80. The first kappa shape index (κ1) is 13.8. The second kappa shape index (κ2) is 7.14. The monoisotopic (exact) mass is 229 g/mol. The molecular formula is C16H23N.